The SMILES string of the molecule is [Na+].[O-]c1nc(S)nc(/N=C/c2ccccc2)c1/N=C/c1ccccc1. The fourth-order valence-corrected chi connectivity index (χ4v) is 2.15. The van der Waals surface area contributed by atoms with Gasteiger partial charge in [-0.3, -0.25) is 4.99 Å². The molecule has 5 nitrogen and oxygen atoms in total. The number of benzene rings is 2. The van der Waals surface area contributed by atoms with Crippen LogP contribution in [0.4, 0.5) is 11.5 Å². The first-order chi connectivity index (χ1) is 11.7. The maximum absolute atomic E-state index is 12.1. The zero-order valence-electron chi connectivity index (χ0n) is 13.6. The molecule has 25 heavy (non-hydrogen) atoms. The summed E-state index contributed by atoms with van der Waals surface area (Å²) in [5.41, 5.74) is 1.84. The molecule has 0 saturated heterocycles. The maximum Gasteiger partial charge on any atom is 1.00 e. The van der Waals surface area contributed by atoms with E-state index in [1.165, 1.54) is 0 Å². The van der Waals surface area contributed by atoms with E-state index >= 15 is 0 Å². The second kappa shape index (κ2) is 9.48. The summed E-state index contributed by atoms with van der Waals surface area (Å²) in [6, 6.07) is 19.0. The molecule has 1 heterocycles. The van der Waals surface area contributed by atoms with Gasteiger partial charge < -0.3 is 5.11 Å². The van der Waals surface area contributed by atoms with Crippen LogP contribution in [-0.2, 0) is 0 Å². The van der Waals surface area contributed by atoms with Crippen molar-refractivity contribution >= 4 is 36.6 Å². The van der Waals surface area contributed by atoms with Crippen molar-refractivity contribution in [2.45, 2.75) is 5.16 Å². The summed E-state index contributed by atoms with van der Waals surface area (Å²) in [6.45, 7) is 0. The largest absolute Gasteiger partial charge is 1.00 e. The van der Waals surface area contributed by atoms with Crippen molar-refractivity contribution in [2.24, 2.45) is 9.98 Å². The molecule has 7 heteroatoms. The molecule has 0 aliphatic heterocycles. The Kier molecular flexibility index (Phi) is 7.33. The predicted octanol–water partition coefficient (Wildman–Crippen LogP) is 0.344. The number of hydrogen-bond acceptors (Lipinski definition) is 6. The normalized spacial score (nSPS) is 10.9. The summed E-state index contributed by atoms with van der Waals surface area (Å²) in [5, 5.41) is 12.2. The van der Waals surface area contributed by atoms with E-state index in [9.17, 15) is 5.11 Å². The summed E-state index contributed by atoms with van der Waals surface area (Å²) >= 11 is 4.04. The second-order valence-electron chi connectivity index (χ2n) is 4.84. The topological polar surface area (TPSA) is 73.6 Å². The molecule has 0 spiro atoms. The van der Waals surface area contributed by atoms with Crippen LogP contribution in [0.1, 0.15) is 11.1 Å². The van der Waals surface area contributed by atoms with Crippen LogP contribution in [0.25, 0.3) is 0 Å². The van der Waals surface area contributed by atoms with Crippen LogP contribution >= 0.6 is 12.6 Å². The first-order valence-electron chi connectivity index (χ1n) is 7.18. The molecule has 0 bridgehead atoms. The van der Waals surface area contributed by atoms with Crippen LogP contribution in [-0.4, -0.2) is 22.4 Å². The van der Waals surface area contributed by atoms with Crippen molar-refractivity contribution in [3.05, 3.63) is 71.8 Å². The van der Waals surface area contributed by atoms with Gasteiger partial charge in [-0.25, -0.2) is 15.0 Å². The molecule has 0 N–H and O–H groups in total. The average Bonchev–Trinajstić information content (AvgIpc) is 2.61. The third-order valence-electron chi connectivity index (χ3n) is 3.10. The van der Waals surface area contributed by atoms with Gasteiger partial charge in [-0.15, -0.1) is 12.6 Å². The summed E-state index contributed by atoms with van der Waals surface area (Å²) in [5.74, 6) is -0.321. The summed E-state index contributed by atoms with van der Waals surface area (Å²) in [6.07, 6.45) is 3.20. The van der Waals surface area contributed by atoms with Crippen LogP contribution in [0.5, 0.6) is 5.88 Å². The molecule has 0 amide bonds. The van der Waals surface area contributed by atoms with E-state index in [1.807, 2.05) is 60.7 Å². The zero-order chi connectivity index (χ0) is 16.8. The minimum Gasteiger partial charge on any atom is -0.857 e. The van der Waals surface area contributed by atoms with Crippen molar-refractivity contribution < 1.29 is 34.7 Å². The molecular formula is C18H13N4NaOS. The van der Waals surface area contributed by atoms with E-state index in [0.29, 0.717) is 0 Å². The van der Waals surface area contributed by atoms with Gasteiger partial charge in [-0.1, -0.05) is 60.7 Å². The molecule has 118 valence electrons. The van der Waals surface area contributed by atoms with Crippen LogP contribution in [0.3, 0.4) is 0 Å². The van der Waals surface area contributed by atoms with Crippen LogP contribution in [0.2, 0.25) is 0 Å². The van der Waals surface area contributed by atoms with E-state index in [4.69, 9.17) is 0 Å². The van der Waals surface area contributed by atoms with Gasteiger partial charge in [0.05, 0.1) is 0 Å². The van der Waals surface area contributed by atoms with E-state index in [1.54, 1.807) is 12.4 Å². The third kappa shape index (κ3) is 5.51. The molecule has 0 aliphatic carbocycles. The molecule has 0 unspecified atom stereocenters. The Morgan fingerprint density at radius 3 is 1.88 bits per heavy atom. The van der Waals surface area contributed by atoms with Gasteiger partial charge in [0.25, 0.3) is 0 Å². The smallest absolute Gasteiger partial charge is 0.857 e. The first kappa shape index (κ1) is 19.3. The quantitative estimate of drug-likeness (QED) is 0.317. The monoisotopic (exact) mass is 356 g/mol. The fraction of sp³-hybridized carbons (Fsp3) is 0. The fourth-order valence-electron chi connectivity index (χ4n) is 1.97. The standard InChI is InChI=1S/C18H14N4OS.Na/c23-17-15(19-11-13-7-3-1-4-8-13)16(21-18(24)22-17)20-12-14-9-5-2-6-10-14;/h1-12H,(H2,21,22,23,24);/q;+1/p-1/b19-11+,20-12+;. The Morgan fingerprint density at radius 1 is 0.800 bits per heavy atom. The van der Waals surface area contributed by atoms with E-state index in [-0.39, 0.29) is 46.2 Å². The third-order valence-corrected chi connectivity index (χ3v) is 3.30. The van der Waals surface area contributed by atoms with Gasteiger partial charge in [0.15, 0.2) is 11.0 Å². The Bertz CT molecular complexity index is 886. The van der Waals surface area contributed by atoms with Crippen molar-refractivity contribution in [1.29, 1.82) is 0 Å². The van der Waals surface area contributed by atoms with E-state index in [2.05, 4.69) is 32.6 Å². The maximum atomic E-state index is 12.1. The zero-order valence-corrected chi connectivity index (χ0v) is 16.5. The molecule has 2 aromatic carbocycles. The van der Waals surface area contributed by atoms with Gasteiger partial charge >= 0.3 is 29.6 Å². The van der Waals surface area contributed by atoms with Crippen LogP contribution in [0.15, 0.2) is 75.8 Å². The number of nitrogens with zero attached hydrogens (tertiary/aromatic N) is 4. The number of aliphatic imine (C=N–C) groups is 2. The molecule has 0 fully saturated rings. The minimum atomic E-state index is -0.512. The van der Waals surface area contributed by atoms with Crippen molar-refractivity contribution in [2.75, 3.05) is 0 Å². The summed E-state index contributed by atoms with van der Waals surface area (Å²) in [4.78, 5) is 16.3. The average molecular weight is 356 g/mol. The van der Waals surface area contributed by atoms with E-state index < -0.39 is 5.88 Å². The van der Waals surface area contributed by atoms with Crippen molar-refractivity contribution in [3.63, 3.8) is 0 Å². The molecular weight excluding hydrogens is 343 g/mol. The number of aromatic nitrogens is 2. The molecule has 0 atom stereocenters. The first-order valence-corrected chi connectivity index (χ1v) is 7.63. The molecule has 3 aromatic rings. The van der Waals surface area contributed by atoms with Gasteiger partial charge in [-0.2, -0.15) is 0 Å². The minimum absolute atomic E-state index is 0. The Hall–Kier alpha value is -1.99. The Morgan fingerprint density at radius 2 is 1.32 bits per heavy atom. The molecule has 1 aromatic heterocycles. The Labute approximate surface area is 173 Å². The van der Waals surface area contributed by atoms with E-state index in [0.717, 1.165) is 11.1 Å². The number of thiol groups is 1. The number of rotatable bonds is 4. The van der Waals surface area contributed by atoms with Gasteiger partial charge in [0, 0.05) is 18.3 Å². The Balaban J connectivity index is 0.00000225. The molecule has 0 radical (unpaired) electrons. The molecule has 0 saturated carbocycles. The van der Waals surface area contributed by atoms with Gasteiger partial charge in [-0.05, 0) is 11.1 Å². The van der Waals surface area contributed by atoms with Gasteiger partial charge in [0.2, 0.25) is 0 Å². The molecule has 3 rings (SSSR count). The second-order valence-corrected chi connectivity index (χ2v) is 5.24. The van der Waals surface area contributed by atoms with Gasteiger partial charge in [0.1, 0.15) is 5.69 Å². The summed E-state index contributed by atoms with van der Waals surface area (Å²) in [7, 11) is 0. The van der Waals surface area contributed by atoms with Crippen molar-refractivity contribution in [1.82, 2.24) is 9.97 Å². The summed E-state index contributed by atoms with van der Waals surface area (Å²) < 4.78 is 0. The predicted molar refractivity (Wildman–Crippen MR) is 96.1 cm³/mol. The molecule has 0 aliphatic rings. The number of hydrogen-bond donors (Lipinski definition) is 1. The van der Waals surface area contributed by atoms with Crippen LogP contribution < -0.4 is 34.7 Å². The van der Waals surface area contributed by atoms with Crippen molar-refractivity contribution in [3.8, 4) is 5.88 Å². The van der Waals surface area contributed by atoms with Crippen LogP contribution in [0, 0.1) is 0 Å².